The first-order chi connectivity index (χ1) is 15.6. The number of benzene rings is 1. The van der Waals surface area contributed by atoms with Crippen molar-refractivity contribution in [3.8, 4) is 0 Å². The molecular formula is C23H25N4O5S. The average molecular weight is 470 g/mol. The lowest BCUT2D eigenvalue weighted by Gasteiger charge is -2.43. The number of fused-ring (bicyclic) bond motifs is 6. The minimum absolute atomic E-state index is 0.0634. The summed E-state index contributed by atoms with van der Waals surface area (Å²) in [6.07, 6.45) is 5.76. The summed E-state index contributed by atoms with van der Waals surface area (Å²) in [5, 5.41) is 14.1. The number of anilines is 1. The molecule has 10 heteroatoms. The molecule has 4 aliphatic rings. The number of amidine groups is 1. The van der Waals surface area contributed by atoms with Gasteiger partial charge in [0, 0.05) is 18.5 Å². The Kier molecular flexibility index (Phi) is 4.89. The van der Waals surface area contributed by atoms with E-state index in [2.05, 4.69) is 41.8 Å². The third-order valence-corrected chi connectivity index (χ3v) is 8.27. The van der Waals surface area contributed by atoms with Crippen LogP contribution >= 0.6 is 0 Å². The summed E-state index contributed by atoms with van der Waals surface area (Å²) >= 11 is 0. The normalized spacial score (nSPS) is 29.1. The van der Waals surface area contributed by atoms with Crippen LogP contribution in [0.3, 0.4) is 0 Å². The van der Waals surface area contributed by atoms with Gasteiger partial charge in [-0.1, -0.05) is 26.0 Å². The molecule has 4 N–H and O–H groups in total. The van der Waals surface area contributed by atoms with E-state index in [1.807, 2.05) is 0 Å². The molecule has 2 aliphatic carbocycles. The van der Waals surface area contributed by atoms with E-state index in [0.717, 1.165) is 12.8 Å². The number of amides is 2. The van der Waals surface area contributed by atoms with Crippen LogP contribution in [0, 0.1) is 29.7 Å². The van der Waals surface area contributed by atoms with E-state index < -0.39 is 21.8 Å². The van der Waals surface area contributed by atoms with E-state index in [1.165, 1.54) is 12.1 Å². The van der Waals surface area contributed by atoms with Gasteiger partial charge in [0.15, 0.2) is 5.84 Å². The summed E-state index contributed by atoms with van der Waals surface area (Å²) in [6, 6.07) is 4.88. The number of primary amides is 1. The number of aliphatic hydroxyl groups is 1. The number of nitrogens with two attached hydrogens (primary N) is 1. The summed E-state index contributed by atoms with van der Waals surface area (Å²) in [5.74, 6) is -1.51. The fraction of sp³-hybridized carbons (Fsp3) is 0.435. The van der Waals surface area contributed by atoms with Gasteiger partial charge >= 0.3 is 0 Å². The number of nitrogens with one attached hydrogen (secondary N) is 1. The summed E-state index contributed by atoms with van der Waals surface area (Å²) < 4.78 is 29.7. The number of carbonyl (C=O) groups is 2. The van der Waals surface area contributed by atoms with Crippen molar-refractivity contribution in [1.29, 1.82) is 0 Å². The molecule has 1 fully saturated rings. The first kappa shape index (κ1) is 21.7. The van der Waals surface area contributed by atoms with Crippen molar-refractivity contribution in [3.05, 3.63) is 47.2 Å². The number of rotatable bonds is 5. The largest absolute Gasteiger partial charge is 0.511 e. The van der Waals surface area contributed by atoms with Gasteiger partial charge in [-0.05, 0) is 48.8 Å². The third-order valence-electron chi connectivity index (χ3n) is 6.96. The van der Waals surface area contributed by atoms with E-state index in [-0.39, 0.29) is 57.1 Å². The molecule has 2 aliphatic heterocycles. The van der Waals surface area contributed by atoms with Gasteiger partial charge in [0.1, 0.15) is 16.2 Å². The SMILES string of the molecule is CC(C)CCN1C(=O)C(C2=NS(=O)(=O)c3c[c]cc(C(N)=O)c3N2)=C(O)C2C3C=CC(C3)C21. The zero-order valence-corrected chi connectivity index (χ0v) is 19.1. The highest BCUT2D eigenvalue weighted by Crippen LogP contribution is 2.52. The van der Waals surface area contributed by atoms with Crippen LogP contribution in [-0.4, -0.2) is 48.7 Å². The van der Waals surface area contributed by atoms with Crippen molar-refractivity contribution < 1.29 is 23.1 Å². The Morgan fingerprint density at radius 1 is 1.33 bits per heavy atom. The maximum absolute atomic E-state index is 13.7. The fourth-order valence-electron chi connectivity index (χ4n) is 5.43. The molecule has 0 saturated heterocycles. The van der Waals surface area contributed by atoms with E-state index in [4.69, 9.17) is 5.73 Å². The molecule has 1 radical (unpaired) electrons. The molecule has 0 aromatic heterocycles. The Morgan fingerprint density at radius 2 is 2.06 bits per heavy atom. The maximum Gasteiger partial charge on any atom is 0.286 e. The molecule has 1 aromatic carbocycles. The van der Waals surface area contributed by atoms with Gasteiger partial charge in [-0.2, -0.15) is 8.42 Å². The molecule has 2 bridgehead atoms. The Balaban J connectivity index is 1.63. The lowest BCUT2D eigenvalue weighted by Crippen LogP contribution is -2.54. The molecule has 1 aromatic rings. The van der Waals surface area contributed by atoms with Gasteiger partial charge in [0.05, 0.1) is 11.3 Å². The van der Waals surface area contributed by atoms with Gasteiger partial charge in [-0.15, -0.1) is 4.40 Å². The lowest BCUT2D eigenvalue weighted by atomic mass is 9.80. The second-order valence-electron chi connectivity index (χ2n) is 9.42. The van der Waals surface area contributed by atoms with Crippen molar-refractivity contribution >= 4 is 33.4 Å². The number of hydrogen-bond acceptors (Lipinski definition) is 6. The van der Waals surface area contributed by atoms with Crippen molar-refractivity contribution in [2.45, 2.75) is 37.6 Å². The van der Waals surface area contributed by atoms with Crippen LogP contribution in [0.2, 0.25) is 0 Å². The molecule has 1 saturated carbocycles. The number of allylic oxidation sites excluding steroid dienone is 1. The zero-order chi connectivity index (χ0) is 23.7. The quantitative estimate of drug-likeness (QED) is 0.563. The van der Waals surface area contributed by atoms with Crippen LogP contribution in [-0.2, 0) is 14.8 Å². The zero-order valence-electron chi connectivity index (χ0n) is 18.3. The second-order valence-corrected chi connectivity index (χ2v) is 11.0. The smallest absolute Gasteiger partial charge is 0.286 e. The number of sulfonamides is 1. The Bertz CT molecular complexity index is 1260. The molecule has 0 spiro atoms. The maximum atomic E-state index is 13.7. The molecule has 5 rings (SSSR count). The van der Waals surface area contributed by atoms with Crippen molar-refractivity contribution in [1.82, 2.24) is 4.90 Å². The Labute approximate surface area is 192 Å². The average Bonchev–Trinajstić information content (AvgIpc) is 3.35. The van der Waals surface area contributed by atoms with Crippen molar-refractivity contribution in [2.75, 3.05) is 11.9 Å². The molecule has 4 atom stereocenters. The molecular weight excluding hydrogens is 444 g/mol. The summed E-state index contributed by atoms with van der Waals surface area (Å²) in [4.78, 5) is 27.1. The van der Waals surface area contributed by atoms with Crippen LogP contribution in [0.5, 0.6) is 0 Å². The van der Waals surface area contributed by atoms with Gasteiger partial charge < -0.3 is 21.1 Å². The monoisotopic (exact) mass is 469 g/mol. The van der Waals surface area contributed by atoms with E-state index in [1.54, 1.807) is 4.90 Å². The molecule has 2 heterocycles. The van der Waals surface area contributed by atoms with E-state index in [9.17, 15) is 23.1 Å². The standard InChI is InChI=1S/C23H25N4O5S/c1-11(2)8-9-27-19-13-7-6-12(10-13)16(19)20(28)17(23(27)30)22-25-18-14(21(24)29)4-3-5-15(18)33(31,32)26-22/h4-7,11-13,16,19,28H,8-10H2,1-2H3,(H2,24,29)(H,25,26). The summed E-state index contributed by atoms with van der Waals surface area (Å²) in [7, 11) is -4.26. The Morgan fingerprint density at radius 3 is 2.76 bits per heavy atom. The predicted molar refractivity (Wildman–Crippen MR) is 121 cm³/mol. The first-order valence-electron chi connectivity index (χ1n) is 11.0. The van der Waals surface area contributed by atoms with Gasteiger partial charge in [-0.3, -0.25) is 9.59 Å². The van der Waals surface area contributed by atoms with Crippen molar-refractivity contribution in [3.63, 3.8) is 0 Å². The highest BCUT2D eigenvalue weighted by atomic mass is 32.2. The highest BCUT2D eigenvalue weighted by Gasteiger charge is 2.55. The molecule has 4 unspecified atom stereocenters. The molecule has 173 valence electrons. The van der Waals surface area contributed by atoms with Gasteiger partial charge in [-0.25, -0.2) is 0 Å². The Hall–Kier alpha value is -3.14. The fourth-order valence-corrected chi connectivity index (χ4v) is 6.55. The van der Waals surface area contributed by atoms with Crippen molar-refractivity contribution in [2.24, 2.45) is 33.8 Å². The minimum Gasteiger partial charge on any atom is -0.511 e. The summed E-state index contributed by atoms with van der Waals surface area (Å²) in [6.45, 7) is 4.63. The van der Waals surface area contributed by atoms with E-state index >= 15 is 0 Å². The van der Waals surface area contributed by atoms with Crippen LogP contribution in [0.4, 0.5) is 5.69 Å². The highest BCUT2D eigenvalue weighted by molar-refractivity contribution is 7.90. The van der Waals surface area contributed by atoms with Gasteiger partial charge in [0.2, 0.25) is 0 Å². The number of nitrogens with zero attached hydrogens (tertiary/aromatic N) is 2. The minimum atomic E-state index is -4.26. The van der Waals surface area contributed by atoms with Crippen LogP contribution in [0.15, 0.2) is 44.9 Å². The molecule has 2 amide bonds. The van der Waals surface area contributed by atoms with Gasteiger partial charge in [0.25, 0.3) is 21.8 Å². The second kappa shape index (κ2) is 7.44. The van der Waals surface area contributed by atoms with Crippen LogP contribution < -0.4 is 11.1 Å². The predicted octanol–water partition coefficient (Wildman–Crippen LogP) is 1.99. The molecule has 9 nitrogen and oxygen atoms in total. The van der Waals surface area contributed by atoms with Crippen LogP contribution in [0.25, 0.3) is 0 Å². The number of aliphatic hydroxyl groups excluding tert-OH is 1. The van der Waals surface area contributed by atoms with Crippen LogP contribution in [0.1, 0.15) is 37.0 Å². The lowest BCUT2D eigenvalue weighted by molar-refractivity contribution is -0.132. The first-order valence-corrected chi connectivity index (χ1v) is 12.4. The number of hydrogen-bond donors (Lipinski definition) is 3. The number of carbonyl (C=O) groups excluding carboxylic acids is 2. The topological polar surface area (TPSA) is 142 Å². The van der Waals surface area contributed by atoms with E-state index in [0.29, 0.717) is 12.5 Å². The summed E-state index contributed by atoms with van der Waals surface area (Å²) in [5.41, 5.74) is 5.10. The third kappa shape index (κ3) is 3.26. The molecule has 33 heavy (non-hydrogen) atoms.